The third kappa shape index (κ3) is 2.67. The fourth-order valence-corrected chi connectivity index (χ4v) is 1.83. The molecule has 1 aliphatic heterocycles. The van der Waals surface area contributed by atoms with Crippen LogP contribution in [0.1, 0.15) is 12.8 Å². The van der Waals surface area contributed by atoms with E-state index in [0.717, 1.165) is 24.3 Å². The number of benzene rings is 1. The van der Waals surface area contributed by atoms with Gasteiger partial charge in [-0.3, -0.25) is 0 Å². The number of carbonyl (C=O) groups excluding carboxylic acids is 1. The number of ether oxygens (including phenoxy) is 2. The molecule has 1 aromatic carbocycles. The summed E-state index contributed by atoms with van der Waals surface area (Å²) in [5.41, 5.74) is 0. The molecule has 2 amide bonds. The highest BCUT2D eigenvalue weighted by molar-refractivity contribution is 5.74. The molecule has 2 N–H and O–H groups in total. The average molecular weight is 248 g/mol. The topological polar surface area (TPSA) is 59.6 Å². The quantitative estimate of drug-likeness (QED) is 0.847. The molecule has 1 heterocycles. The van der Waals surface area contributed by atoms with Crippen LogP contribution in [0.25, 0.3) is 0 Å². The summed E-state index contributed by atoms with van der Waals surface area (Å²) in [7, 11) is 0. The summed E-state index contributed by atoms with van der Waals surface area (Å²) in [6, 6.07) is 7.79. The van der Waals surface area contributed by atoms with Gasteiger partial charge in [0.15, 0.2) is 17.6 Å². The number of amides is 2. The summed E-state index contributed by atoms with van der Waals surface area (Å²) in [5.74, 6) is 1.49. The molecule has 0 spiro atoms. The molecule has 0 bridgehead atoms. The molecule has 5 nitrogen and oxygen atoms in total. The van der Waals surface area contributed by atoms with E-state index in [0.29, 0.717) is 19.2 Å². The van der Waals surface area contributed by atoms with Crippen LogP contribution < -0.4 is 20.1 Å². The third-order valence-corrected chi connectivity index (χ3v) is 2.97. The molecule has 96 valence electrons. The van der Waals surface area contributed by atoms with E-state index in [-0.39, 0.29) is 12.1 Å². The summed E-state index contributed by atoms with van der Waals surface area (Å²) in [5, 5.41) is 5.67. The van der Waals surface area contributed by atoms with Gasteiger partial charge in [-0.1, -0.05) is 12.1 Å². The predicted molar refractivity (Wildman–Crippen MR) is 65.9 cm³/mol. The second-order valence-electron chi connectivity index (χ2n) is 4.63. The van der Waals surface area contributed by atoms with Crippen LogP contribution in [0.4, 0.5) is 4.79 Å². The van der Waals surface area contributed by atoms with Gasteiger partial charge < -0.3 is 20.1 Å². The van der Waals surface area contributed by atoms with Crippen LogP contribution in [-0.4, -0.2) is 31.3 Å². The number of fused-ring (bicyclic) bond motifs is 1. The van der Waals surface area contributed by atoms with E-state index in [9.17, 15) is 4.79 Å². The van der Waals surface area contributed by atoms with Crippen molar-refractivity contribution >= 4 is 6.03 Å². The molecule has 5 heteroatoms. The average Bonchev–Trinajstić information content (AvgIpc) is 3.20. The zero-order valence-electron chi connectivity index (χ0n) is 10.0. The Balaban J connectivity index is 1.48. The maximum Gasteiger partial charge on any atom is 0.315 e. The lowest BCUT2D eigenvalue weighted by atomic mass is 10.2. The first kappa shape index (κ1) is 11.2. The minimum Gasteiger partial charge on any atom is -0.486 e. The van der Waals surface area contributed by atoms with Crippen molar-refractivity contribution < 1.29 is 14.3 Å². The van der Waals surface area contributed by atoms with Gasteiger partial charge in [0, 0.05) is 6.04 Å². The van der Waals surface area contributed by atoms with E-state index in [1.165, 1.54) is 0 Å². The first-order valence-electron chi connectivity index (χ1n) is 6.24. The summed E-state index contributed by atoms with van der Waals surface area (Å²) >= 11 is 0. The smallest absolute Gasteiger partial charge is 0.315 e. The largest absolute Gasteiger partial charge is 0.486 e. The molecule has 1 aromatic rings. The molecule has 1 saturated carbocycles. The van der Waals surface area contributed by atoms with E-state index >= 15 is 0 Å². The zero-order valence-corrected chi connectivity index (χ0v) is 10.0. The maximum absolute atomic E-state index is 11.5. The van der Waals surface area contributed by atoms with Gasteiger partial charge in [-0.2, -0.15) is 0 Å². The normalized spacial score (nSPS) is 21.2. The SMILES string of the molecule is O=C(NCC1COc2ccccc2O1)NC1CC1. The van der Waals surface area contributed by atoms with Crippen molar-refractivity contribution in [2.75, 3.05) is 13.2 Å². The third-order valence-electron chi connectivity index (χ3n) is 2.97. The Kier molecular flexibility index (Phi) is 2.96. The maximum atomic E-state index is 11.5. The van der Waals surface area contributed by atoms with Crippen molar-refractivity contribution in [3.05, 3.63) is 24.3 Å². The van der Waals surface area contributed by atoms with Crippen molar-refractivity contribution in [3.8, 4) is 11.5 Å². The Morgan fingerprint density at radius 2 is 2.06 bits per heavy atom. The van der Waals surface area contributed by atoms with E-state index < -0.39 is 0 Å². The molecular formula is C13H16N2O3. The second-order valence-corrected chi connectivity index (χ2v) is 4.63. The van der Waals surface area contributed by atoms with Gasteiger partial charge in [0.2, 0.25) is 0 Å². The minimum atomic E-state index is -0.134. The fourth-order valence-electron chi connectivity index (χ4n) is 1.83. The molecule has 0 saturated heterocycles. The Labute approximate surface area is 105 Å². The lowest BCUT2D eigenvalue weighted by Gasteiger charge is -2.26. The molecule has 0 aromatic heterocycles. The van der Waals surface area contributed by atoms with Crippen LogP contribution in [0.5, 0.6) is 11.5 Å². The highest BCUT2D eigenvalue weighted by Gasteiger charge is 2.24. The lowest BCUT2D eigenvalue weighted by molar-refractivity contribution is 0.0918. The van der Waals surface area contributed by atoms with E-state index in [1.807, 2.05) is 24.3 Å². The van der Waals surface area contributed by atoms with Crippen molar-refractivity contribution in [1.82, 2.24) is 10.6 Å². The first-order valence-corrected chi connectivity index (χ1v) is 6.24. The Bertz CT molecular complexity index is 446. The van der Waals surface area contributed by atoms with Crippen molar-refractivity contribution in [1.29, 1.82) is 0 Å². The Morgan fingerprint density at radius 3 is 2.83 bits per heavy atom. The molecule has 1 aliphatic carbocycles. The first-order chi connectivity index (χ1) is 8.81. The zero-order chi connectivity index (χ0) is 12.4. The van der Waals surface area contributed by atoms with Crippen molar-refractivity contribution in [2.24, 2.45) is 0 Å². The molecule has 1 fully saturated rings. The monoisotopic (exact) mass is 248 g/mol. The number of nitrogens with one attached hydrogen (secondary N) is 2. The lowest BCUT2D eigenvalue weighted by Crippen LogP contribution is -2.45. The number of hydrogen-bond acceptors (Lipinski definition) is 3. The van der Waals surface area contributed by atoms with Gasteiger partial charge in [0.05, 0.1) is 6.54 Å². The van der Waals surface area contributed by atoms with Gasteiger partial charge in [-0.25, -0.2) is 4.79 Å². The standard InChI is InChI=1S/C13H16N2O3/c16-13(15-9-5-6-9)14-7-10-8-17-11-3-1-2-4-12(11)18-10/h1-4,9-10H,5-8H2,(H2,14,15,16). The second kappa shape index (κ2) is 4.76. The van der Waals surface area contributed by atoms with Gasteiger partial charge in [-0.15, -0.1) is 0 Å². The van der Waals surface area contributed by atoms with Crippen LogP contribution in [0, 0.1) is 0 Å². The number of carbonyl (C=O) groups is 1. The van der Waals surface area contributed by atoms with E-state index in [1.54, 1.807) is 0 Å². The summed E-state index contributed by atoms with van der Waals surface area (Å²) in [4.78, 5) is 11.5. The molecule has 18 heavy (non-hydrogen) atoms. The minimum absolute atomic E-state index is 0.125. The molecule has 1 unspecified atom stereocenters. The van der Waals surface area contributed by atoms with Crippen LogP contribution in [0.3, 0.4) is 0 Å². The van der Waals surface area contributed by atoms with Crippen LogP contribution >= 0.6 is 0 Å². The molecule has 1 atom stereocenters. The van der Waals surface area contributed by atoms with Crippen LogP contribution in [0.2, 0.25) is 0 Å². The summed E-state index contributed by atoms with van der Waals surface area (Å²) < 4.78 is 11.3. The highest BCUT2D eigenvalue weighted by atomic mass is 16.6. The molecule has 0 radical (unpaired) electrons. The molecular weight excluding hydrogens is 232 g/mol. The number of urea groups is 1. The Morgan fingerprint density at radius 1 is 1.28 bits per heavy atom. The van der Waals surface area contributed by atoms with E-state index in [4.69, 9.17) is 9.47 Å². The van der Waals surface area contributed by atoms with Gasteiger partial charge in [0.1, 0.15) is 6.61 Å². The molecule has 3 rings (SSSR count). The number of rotatable bonds is 3. The van der Waals surface area contributed by atoms with Crippen molar-refractivity contribution in [3.63, 3.8) is 0 Å². The fraction of sp³-hybridized carbons (Fsp3) is 0.462. The molecule has 2 aliphatic rings. The van der Waals surface area contributed by atoms with Gasteiger partial charge in [0.25, 0.3) is 0 Å². The van der Waals surface area contributed by atoms with Crippen molar-refractivity contribution in [2.45, 2.75) is 25.0 Å². The number of para-hydroxylation sites is 2. The van der Waals surface area contributed by atoms with Gasteiger partial charge in [-0.05, 0) is 25.0 Å². The number of hydrogen-bond donors (Lipinski definition) is 2. The summed E-state index contributed by atoms with van der Waals surface area (Å²) in [6.45, 7) is 0.910. The predicted octanol–water partition coefficient (Wildman–Crippen LogP) is 1.29. The highest BCUT2D eigenvalue weighted by Crippen LogP contribution is 2.30. The summed E-state index contributed by atoms with van der Waals surface area (Å²) in [6.07, 6.45) is 2.04. The van der Waals surface area contributed by atoms with Crippen LogP contribution in [-0.2, 0) is 0 Å². The van der Waals surface area contributed by atoms with Crippen LogP contribution in [0.15, 0.2) is 24.3 Å². The van der Waals surface area contributed by atoms with Gasteiger partial charge >= 0.3 is 6.03 Å². The Hall–Kier alpha value is -1.91. The van der Waals surface area contributed by atoms with E-state index in [2.05, 4.69) is 10.6 Å².